The second-order valence-electron chi connectivity index (χ2n) is 5.73. The zero-order chi connectivity index (χ0) is 16.0. The number of hydrogen-bond acceptors (Lipinski definition) is 3. The van der Waals surface area contributed by atoms with Crippen molar-refractivity contribution in [3.05, 3.63) is 0 Å². The Morgan fingerprint density at radius 3 is 2.29 bits per heavy atom. The minimum absolute atomic E-state index is 0.0355. The zero-order valence-corrected chi connectivity index (χ0v) is 12.9. The minimum Gasteiger partial charge on any atom is -0.481 e. The number of aliphatic carboxylic acids is 1. The lowest BCUT2D eigenvalue weighted by atomic mass is 9.97. The number of hydrogen-bond donors (Lipinski definition) is 3. The first-order chi connectivity index (χ1) is 9.81. The molecule has 1 aliphatic rings. The Morgan fingerprint density at radius 1 is 1.24 bits per heavy atom. The lowest BCUT2D eigenvalue weighted by Gasteiger charge is -2.33. The van der Waals surface area contributed by atoms with Gasteiger partial charge in [0.15, 0.2) is 0 Å². The molecular weight excluding hydrogens is 274 g/mol. The van der Waals surface area contributed by atoms with Gasteiger partial charge < -0.3 is 20.6 Å². The van der Waals surface area contributed by atoms with Crippen LogP contribution in [0.4, 0.5) is 4.79 Å². The van der Waals surface area contributed by atoms with Gasteiger partial charge in [-0.15, -0.1) is 0 Å². The molecule has 21 heavy (non-hydrogen) atoms. The van der Waals surface area contributed by atoms with E-state index in [4.69, 9.17) is 5.11 Å². The highest BCUT2D eigenvalue weighted by atomic mass is 16.4. The average molecular weight is 299 g/mol. The van der Waals surface area contributed by atoms with E-state index in [1.54, 1.807) is 18.7 Å². The monoisotopic (exact) mass is 299 g/mol. The quantitative estimate of drug-likeness (QED) is 0.694. The van der Waals surface area contributed by atoms with Gasteiger partial charge in [0.25, 0.3) is 0 Å². The normalized spacial score (nSPS) is 18.7. The van der Waals surface area contributed by atoms with Crippen molar-refractivity contribution in [1.29, 1.82) is 0 Å². The van der Waals surface area contributed by atoms with E-state index in [9.17, 15) is 14.4 Å². The minimum atomic E-state index is -0.920. The molecule has 0 radical (unpaired) electrons. The fraction of sp³-hybridized carbons (Fsp3) is 0.786. The molecule has 0 bridgehead atoms. The Labute approximate surface area is 125 Å². The fourth-order valence-corrected chi connectivity index (χ4v) is 2.25. The molecule has 0 aliphatic carbocycles. The number of piperidine rings is 1. The van der Waals surface area contributed by atoms with Crippen molar-refractivity contribution in [3.8, 4) is 0 Å². The molecule has 3 amide bonds. The Bertz CT molecular complexity index is 392. The summed E-state index contributed by atoms with van der Waals surface area (Å²) < 4.78 is 0. The molecule has 7 nitrogen and oxygen atoms in total. The van der Waals surface area contributed by atoms with Crippen molar-refractivity contribution in [3.63, 3.8) is 0 Å². The van der Waals surface area contributed by atoms with Crippen molar-refractivity contribution < 1.29 is 19.5 Å². The number of urea groups is 1. The molecule has 3 N–H and O–H groups in total. The summed E-state index contributed by atoms with van der Waals surface area (Å²) in [6.07, 6.45) is 1.69. The smallest absolute Gasteiger partial charge is 0.317 e. The fourth-order valence-electron chi connectivity index (χ4n) is 2.25. The van der Waals surface area contributed by atoms with Crippen LogP contribution in [0.1, 0.15) is 33.6 Å². The van der Waals surface area contributed by atoms with Gasteiger partial charge in [0, 0.05) is 32.6 Å². The molecule has 120 valence electrons. The predicted molar refractivity (Wildman–Crippen MR) is 77.8 cm³/mol. The third-order valence-corrected chi connectivity index (χ3v) is 4.03. The van der Waals surface area contributed by atoms with Gasteiger partial charge in [-0.05, 0) is 32.6 Å². The number of carboxylic acid groups (broad SMARTS) is 1. The molecule has 1 aliphatic heterocycles. The Hall–Kier alpha value is -1.79. The van der Waals surface area contributed by atoms with Crippen LogP contribution < -0.4 is 10.6 Å². The summed E-state index contributed by atoms with van der Waals surface area (Å²) in [5, 5.41) is 14.4. The van der Waals surface area contributed by atoms with Crippen LogP contribution in [0.2, 0.25) is 0 Å². The summed E-state index contributed by atoms with van der Waals surface area (Å²) >= 11 is 0. The van der Waals surface area contributed by atoms with Crippen molar-refractivity contribution in [2.45, 2.75) is 39.7 Å². The molecule has 1 fully saturated rings. The molecule has 0 saturated carbocycles. The van der Waals surface area contributed by atoms with Crippen LogP contribution in [0.5, 0.6) is 0 Å². The number of carboxylic acids is 1. The van der Waals surface area contributed by atoms with Crippen molar-refractivity contribution in [2.24, 2.45) is 11.8 Å². The van der Waals surface area contributed by atoms with Gasteiger partial charge in [0.2, 0.25) is 5.91 Å². The van der Waals surface area contributed by atoms with Crippen LogP contribution in [0.3, 0.4) is 0 Å². The standard InChI is InChI=1S/C14H25N3O4/c1-9(13(19)20)10(2)16-14(21)17-6-4-12(5-7-17)8-15-11(3)18/h9-10,12H,4-8H2,1-3H3,(H,15,18)(H,16,21)(H,19,20). The van der Waals surface area contributed by atoms with Crippen LogP contribution in [0.25, 0.3) is 0 Å². The molecule has 0 spiro atoms. The molecule has 7 heteroatoms. The molecule has 0 aromatic heterocycles. The molecule has 1 rings (SSSR count). The number of likely N-dealkylation sites (tertiary alicyclic amines) is 1. The summed E-state index contributed by atoms with van der Waals surface area (Å²) in [7, 11) is 0. The molecule has 2 unspecified atom stereocenters. The van der Waals surface area contributed by atoms with Gasteiger partial charge >= 0.3 is 12.0 Å². The molecule has 0 aromatic rings. The van der Waals surface area contributed by atoms with Gasteiger partial charge in [-0.2, -0.15) is 0 Å². The van der Waals surface area contributed by atoms with Crippen LogP contribution >= 0.6 is 0 Å². The maximum atomic E-state index is 12.1. The Kier molecular flexibility index (Phi) is 6.45. The van der Waals surface area contributed by atoms with Crippen LogP contribution in [0, 0.1) is 11.8 Å². The summed E-state index contributed by atoms with van der Waals surface area (Å²) in [5.74, 6) is -1.18. The second-order valence-corrected chi connectivity index (χ2v) is 5.73. The highest BCUT2D eigenvalue weighted by Gasteiger charge is 2.26. The van der Waals surface area contributed by atoms with Crippen LogP contribution in [0.15, 0.2) is 0 Å². The van der Waals surface area contributed by atoms with E-state index in [1.165, 1.54) is 6.92 Å². The van der Waals surface area contributed by atoms with Gasteiger partial charge in [0.05, 0.1) is 5.92 Å². The van der Waals surface area contributed by atoms with Crippen LogP contribution in [-0.4, -0.2) is 53.6 Å². The highest BCUT2D eigenvalue weighted by molar-refractivity contribution is 5.76. The van der Waals surface area contributed by atoms with E-state index < -0.39 is 17.9 Å². The number of carbonyl (C=O) groups is 3. The summed E-state index contributed by atoms with van der Waals surface area (Å²) in [4.78, 5) is 35.5. The van der Waals surface area contributed by atoms with Crippen LogP contribution in [-0.2, 0) is 9.59 Å². The molecule has 0 aromatic carbocycles. The Morgan fingerprint density at radius 2 is 1.81 bits per heavy atom. The third-order valence-electron chi connectivity index (χ3n) is 4.03. The highest BCUT2D eigenvalue weighted by Crippen LogP contribution is 2.16. The first-order valence-corrected chi connectivity index (χ1v) is 7.34. The van der Waals surface area contributed by atoms with Crippen molar-refractivity contribution in [2.75, 3.05) is 19.6 Å². The lowest BCUT2D eigenvalue weighted by molar-refractivity contribution is -0.141. The predicted octanol–water partition coefficient (Wildman–Crippen LogP) is 0.653. The van der Waals surface area contributed by atoms with E-state index in [0.717, 1.165) is 12.8 Å². The van der Waals surface area contributed by atoms with E-state index in [-0.39, 0.29) is 11.9 Å². The van der Waals surface area contributed by atoms with E-state index in [0.29, 0.717) is 25.6 Å². The molecule has 2 atom stereocenters. The Balaban J connectivity index is 2.35. The molecular formula is C14H25N3O4. The maximum absolute atomic E-state index is 12.1. The largest absolute Gasteiger partial charge is 0.481 e. The number of carbonyl (C=O) groups excluding carboxylic acids is 2. The zero-order valence-electron chi connectivity index (χ0n) is 12.9. The lowest BCUT2D eigenvalue weighted by Crippen LogP contribution is -2.50. The van der Waals surface area contributed by atoms with E-state index in [2.05, 4.69) is 10.6 Å². The number of nitrogens with zero attached hydrogens (tertiary/aromatic N) is 1. The first kappa shape index (κ1) is 17.3. The van der Waals surface area contributed by atoms with Crippen molar-refractivity contribution in [1.82, 2.24) is 15.5 Å². The second kappa shape index (κ2) is 7.85. The average Bonchev–Trinajstić information content (AvgIpc) is 2.44. The summed E-state index contributed by atoms with van der Waals surface area (Å²) in [6, 6.07) is -0.624. The maximum Gasteiger partial charge on any atom is 0.317 e. The third kappa shape index (κ3) is 5.61. The SMILES string of the molecule is CC(=O)NCC1CCN(C(=O)NC(C)C(C)C(=O)O)CC1. The summed E-state index contributed by atoms with van der Waals surface area (Å²) in [6.45, 7) is 6.67. The van der Waals surface area contributed by atoms with Gasteiger partial charge in [-0.25, -0.2) is 4.79 Å². The number of amides is 3. The van der Waals surface area contributed by atoms with Gasteiger partial charge in [0.1, 0.15) is 0 Å². The first-order valence-electron chi connectivity index (χ1n) is 7.34. The van der Waals surface area contributed by atoms with Crippen molar-refractivity contribution >= 4 is 17.9 Å². The summed E-state index contributed by atoms with van der Waals surface area (Å²) in [5.41, 5.74) is 0. The topological polar surface area (TPSA) is 98.7 Å². The van der Waals surface area contributed by atoms with Gasteiger partial charge in [-0.1, -0.05) is 0 Å². The number of rotatable bonds is 5. The molecule has 1 heterocycles. The van der Waals surface area contributed by atoms with E-state index in [1.807, 2.05) is 0 Å². The molecule has 1 saturated heterocycles. The van der Waals surface area contributed by atoms with Gasteiger partial charge in [-0.3, -0.25) is 9.59 Å². The van der Waals surface area contributed by atoms with E-state index >= 15 is 0 Å². The number of nitrogens with one attached hydrogen (secondary N) is 2.